The molecular formula is C23H25N5O4. The van der Waals surface area contributed by atoms with Gasteiger partial charge in [-0.2, -0.15) is 5.26 Å². The zero-order chi connectivity index (χ0) is 23.1. The van der Waals surface area contributed by atoms with Gasteiger partial charge in [-0.1, -0.05) is 24.3 Å². The van der Waals surface area contributed by atoms with Gasteiger partial charge < -0.3 is 9.64 Å². The van der Waals surface area contributed by atoms with E-state index >= 15 is 0 Å². The summed E-state index contributed by atoms with van der Waals surface area (Å²) in [4.78, 5) is 41.0. The summed E-state index contributed by atoms with van der Waals surface area (Å²) in [6.45, 7) is 3.77. The highest BCUT2D eigenvalue weighted by atomic mass is 16.6. The van der Waals surface area contributed by atoms with Crippen LogP contribution in [0.15, 0.2) is 42.6 Å². The first kappa shape index (κ1) is 22.7. The molecule has 1 aromatic carbocycles. The van der Waals surface area contributed by atoms with Crippen LogP contribution in [0.2, 0.25) is 0 Å². The second-order valence-electron chi connectivity index (χ2n) is 7.60. The Kier molecular flexibility index (Phi) is 7.39. The first-order valence-corrected chi connectivity index (χ1v) is 10.4. The van der Waals surface area contributed by atoms with Crippen LogP contribution >= 0.6 is 0 Å². The molecule has 3 rings (SSSR count). The number of ether oxygens (including phenoxy) is 1. The maximum Gasteiger partial charge on any atom is 0.410 e. The van der Waals surface area contributed by atoms with Gasteiger partial charge in [0.15, 0.2) is 0 Å². The zero-order valence-electron chi connectivity index (χ0n) is 18.0. The van der Waals surface area contributed by atoms with Gasteiger partial charge in [-0.15, -0.1) is 0 Å². The van der Waals surface area contributed by atoms with Crippen LogP contribution < -0.4 is 10.9 Å². The second kappa shape index (κ2) is 10.4. The Morgan fingerprint density at radius 2 is 2.00 bits per heavy atom. The number of hydrogen-bond donors (Lipinski definition) is 2. The maximum absolute atomic E-state index is 12.5. The Morgan fingerprint density at radius 1 is 1.25 bits per heavy atom. The van der Waals surface area contributed by atoms with Gasteiger partial charge in [0.2, 0.25) is 11.8 Å². The number of hydrogen-bond acceptors (Lipinski definition) is 6. The minimum Gasteiger partial charge on any atom is -0.446 e. The fourth-order valence-corrected chi connectivity index (χ4v) is 3.45. The Labute approximate surface area is 186 Å². The van der Waals surface area contributed by atoms with Crippen LogP contribution in [0.4, 0.5) is 4.79 Å². The summed E-state index contributed by atoms with van der Waals surface area (Å²) in [6, 6.07) is 13.2. The van der Waals surface area contributed by atoms with Crippen molar-refractivity contribution in [1.82, 2.24) is 20.7 Å². The van der Waals surface area contributed by atoms with Gasteiger partial charge >= 0.3 is 6.09 Å². The van der Waals surface area contributed by atoms with Crippen molar-refractivity contribution in [3.8, 4) is 17.3 Å². The van der Waals surface area contributed by atoms with Crippen molar-refractivity contribution in [2.45, 2.75) is 45.3 Å². The lowest BCUT2D eigenvalue weighted by molar-refractivity contribution is -0.128. The molecule has 0 spiro atoms. The van der Waals surface area contributed by atoms with E-state index in [2.05, 4.69) is 15.8 Å². The van der Waals surface area contributed by atoms with E-state index in [9.17, 15) is 14.4 Å². The number of carbonyl (C=O) groups excluding carboxylic acids is 3. The summed E-state index contributed by atoms with van der Waals surface area (Å²) in [7, 11) is 0. The number of benzene rings is 1. The first-order valence-electron chi connectivity index (χ1n) is 10.4. The molecule has 1 saturated heterocycles. The molecule has 2 unspecified atom stereocenters. The van der Waals surface area contributed by atoms with E-state index in [1.807, 2.05) is 37.3 Å². The molecule has 3 amide bonds. The molecule has 166 valence electrons. The van der Waals surface area contributed by atoms with Crippen molar-refractivity contribution in [2.24, 2.45) is 0 Å². The summed E-state index contributed by atoms with van der Waals surface area (Å²) in [5.41, 5.74) is 7.69. The number of pyridine rings is 1. The zero-order valence-corrected chi connectivity index (χ0v) is 18.0. The molecule has 0 saturated carbocycles. The van der Waals surface area contributed by atoms with E-state index in [-0.39, 0.29) is 30.4 Å². The summed E-state index contributed by atoms with van der Waals surface area (Å²) in [6.07, 6.45) is 1.96. The number of rotatable bonds is 6. The number of cyclic esters (lactones) is 1. The lowest BCUT2D eigenvalue weighted by Gasteiger charge is -2.35. The molecule has 2 aromatic rings. The summed E-state index contributed by atoms with van der Waals surface area (Å²) < 4.78 is 5.52. The number of nitrogens with one attached hydrogen (secondary N) is 2. The minimum atomic E-state index is -0.408. The predicted molar refractivity (Wildman–Crippen MR) is 116 cm³/mol. The lowest BCUT2D eigenvalue weighted by Crippen LogP contribution is -2.44. The highest BCUT2D eigenvalue weighted by molar-refractivity contribution is 5.80. The van der Waals surface area contributed by atoms with E-state index < -0.39 is 6.09 Å². The van der Waals surface area contributed by atoms with Crippen molar-refractivity contribution in [3.63, 3.8) is 0 Å². The van der Waals surface area contributed by atoms with E-state index in [0.29, 0.717) is 24.9 Å². The van der Waals surface area contributed by atoms with Gasteiger partial charge in [0.25, 0.3) is 0 Å². The fourth-order valence-electron chi connectivity index (χ4n) is 3.45. The molecule has 1 fully saturated rings. The molecule has 2 N–H and O–H groups in total. The summed E-state index contributed by atoms with van der Waals surface area (Å²) in [5.74, 6) is -0.683. The molecule has 0 bridgehead atoms. The number of aromatic nitrogens is 1. The van der Waals surface area contributed by atoms with Crippen LogP contribution in [-0.4, -0.2) is 40.4 Å². The summed E-state index contributed by atoms with van der Waals surface area (Å²) in [5, 5.41) is 8.89. The SMILES string of the molecule is CC(=O)NNC(=O)CCC1CCN(C(C)c2ccc(-c3ccc(C#N)cn3)cc2)C(=O)O1. The standard InChI is InChI=1S/C23H25N5O4/c1-15(18-4-6-19(7-5-18)21-9-3-17(13-24)14-25-21)28-12-11-20(32-23(28)31)8-10-22(30)27-26-16(2)29/h3-7,9,14-15,20H,8,10-12H2,1-2H3,(H,26,29)(H,27,30). The Balaban J connectivity index is 1.54. The number of hydrazine groups is 1. The molecule has 1 aliphatic heterocycles. The van der Waals surface area contributed by atoms with E-state index in [1.165, 1.54) is 13.1 Å². The van der Waals surface area contributed by atoms with Gasteiger partial charge in [-0.25, -0.2) is 4.79 Å². The molecule has 1 aromatic heterocycles. The van der Waals surface area contributed by atoms with Crippen molar-refractivity contribution >= 4 is 17.9 Å². The summed E-state index contributed by atoms with van der Waals surface area (Å²) >= 11 is 0. The molecule has 32 heavy (non-hydrogen) atoms. The average Bonchev–Trinajstić information content (AvgIpc) is 2.81. The molecule has 9 nitrogen and oxygen atoms in total. The van der Waals surface area contributed by atoms with Gasteiger partial charge in [-0.3, -0.25) is 25.4 Å². The van der Waals surface area contributed by atoms with Gasteiger partial charge in [-0.05, 0) is 31.0 Å². The van der Waals surface area contributed by atoms with E-state index in [0.717, 1.165) is 16.8 Å². The number of nitrogens with zero attached hydrogens (tertiary/aromatic N) is 3. The first-order chi connectivity index (χ1) is 15.4. The average molecular weight is 435 g/mol. The van der Waals surface area contributed by atoms with Crippen molar-refractivity contribution < 1.29 is 19.1 Å². The van der Waals surface area contributed by atoms with Gasteiger partial charge in [0.05, 0.1) is 17.3 Å². The smallest absolute Gasteiger partial charge is 0.410 e. The van der Waals surface area contributed by atoms with Crippen LogP contribution in [0, 0.1) is 11.3 Å². The monoisotopic (exact) mass is 435 g/mol. The molecule has 1 aliphatic rings. The molecular weight excluding hydrogens is 410 g/mol. The number of nitriles is 1. The third-order valence-corrected chi connectivity index (χ3v) is 5.31. The van der Waals surface area contributed by atoms with Crippen LogP contribution in [-0.2, 0) is 14.3 Å². The van der Waals surface area contributed by atoms with Crippen molar-refractivity contribution in [1.29, 1.82) is 5.26 Å². The van der Waals surface area contributed by atoms with Crippen LogP contribution in [0.1, 0.15) is 50.3 Å². The quantitative estimate of drug-likeness (QED) is 0.673. The second-order valence-corrected chi connectivity index (χ2v) is 7.60. The van der Waals surface area contributed by atoms with Crippen LogP contribution in [0.3, 0.4) is 0 Å². The lowest BCUT2D eigenvalue weighted by atomic mass is 10.0. The third kappa shape index (κ3) is 5.82. The van der Waals surface area contributed by atoms with Gasteiger partial charge in [0.1, 0.15) is 12.2 Å². The molecule has 2 heterocycles. The van der Waals surface area contributed by atoms with Crippen LogP contribution in [0.5, 0.6) is 0 Å². The normalized spacial score (nSPS) is 16.5. The van der Waals surface area contributed by atoms with Crippen molar-refractivity contribution in [2.75, 3.05) is 6.54 Å². The predicted octanol–water partition coefficient (Wildman–Crippen LogP) is 2.84. The largest absolute Gasteiger partial charge is 0.446 e. The topological polar surface area (TPSA) is 124 Å². The number of carbonyl (C=O) groups is 3. The highest BCUT2D eigenvalue weighted by Crippen LogP contribution is 2.28. The third-order valence-electron chi connectivity index (χ3n) is 5.31. The minimum absolute atomic E-state index is 0.151. The molecule has 0 aliphatic carbocycles. The van der Waals surface area contributed by atoms with Gasteiger partial charge in [0, 0.05) is 38.1 Å². The molecule has 2 atom stereocenters. The highest BCUT2D eigenvalue weighted by Gasteiger charge is 2.31. The molecule has 9 heteroatoms. The van der Waals surface area contributed by atoms with Crippen LogP contribution in [0.25, 0.3) is 11.3 Å². The molecule has 0 radical (unpaired) electrons. The van der Waals surface area contributed by atoms with E-state index in [1.54, 1.807) is 17.0 Å². The Morgan fingerprint density at radius 3 is 2.59 bits per heavy atom. The fraction of sp³-hybridized carbons (Fsp3) is 0.348. The van der Waals surface area contributed by atoms with E-state index in [4.69, 9.17) is 10.00 Å². The Bertz CT molecular complexity index is 1010. The maximum atomic E-state index is 12.5. The Hall–Kier alpha value is -3.93. The van der Waals surface area contributed by atoms with Crippen molar-refractivity contribution in [3.05, 3.63) is 53.7 Å². The number of amides is 3.